The van der Waals surface area contributed by atoms with Crippen LogP contribution in [0.2, 0.25) is 0 Å². The summed E-state index contributed by atoms with van der Waals surface area (Å²) in [5.74, 6) is 0.104. The van der Waals surface area contributed by atoms with Crippen LogP contribution in [-0.4, -0.2) is 61.0 Å². The van der Waals surface area contributed by atoms with Crippen molar-refractivity contribution >= 4 is 34.0 Å². The normalized spacial score (nSPS) is 20.1. The Morgan fingerprint density at radius 3 is 2.43 bits per heavy atom. The number of nitrogens with zero attached hydrogens (tertiary/aromatic N) is 3. The zero-order valence-corrected chi connectivity index (χ0v) is 16.7. The topological polar surface area (TPSA) is 55.9 Å². The third-order valence-corrected chi connectivity index (χ3v) is 6.31. The highest BCUT2D eigenvalue weighted by Crippen LogP contribution is 2.23. The fourth-order valence-corrected chi connectivity index (χ4v) is 4.59. The molecule has 0 bridgehead atoms. The molecule has 2 aliphatic heterocycles. The highest BCUT2D eigenvalue weighted by molar-refractivity contribution is 7.14. The van der Waals surface area contributed by atoms with Gasteiger partial charge in [0.2, 0.25) is 5.91 Å². The number of urea groups is 1. The summed E-state index contributed by atoms with van der Waals surface area (Å²) < 4.78 is 0. The average molecular weight is 399 g/mol. The quantitative estimate of drug-likeness (QED) is 0.863. The Hall–Kier alpha value is -2.54. The second-order valence-electron chi connectivity index (χ2n) is 7.34. The van der Waals surface area contributed by atoms with Gasteiger partial charge < -0.3 is 14.7 Å². The van der Waals surface area contributed by atoms with E-state index in [-0.39, 0.29) is 17.9 Å². The van der Waals surface area contributed by atoms with Crippen molar-refractivity contribution in [1.29, 1.82) is 0 Å². The number of hydrogen-bond acceptors (Lipinski definition) is 4. The molecule has 1 unspecified atom stereocenters. The molecule has 2 aromatic rings. The van der Waals surface area contributed by atoms with Crippen LogP contribution in [0.15, 0.2) is 47.8 Å². The van der Waals surface area contributed by atoms with Gasteiger partial charge in [-0.15, -0.1) is 11.3 Å². The Bertz CT molecular complexity index is 788. The van der Waals surface area contributed by atoms with E-state index in [4.69, 9.17) is 0 Å². The molecule has 4 rings (SSSR count). The number of piperazine rings is 1. The molecule has 3 amide bonds. The van der Waals surface area contributed by atoms with Crippen molar-refractivity contribution in [1.82, 2.24) is 9.80 Å². The molecule has 3 heterocycles. The van der Waals surface area contributed by atoms with Gasteiger partial charge >= 0.3 is 6.03 Å². The Morgan fingerprint density at radius 1 is 0.929 bits per heavy atom. The van der Waals surface area contributed by atoms with Crippen LogP contribution in [0.1, 0.15) is 12.8 Å². The van der Waals surface area contributed by atoms with Gasteiger partial charge in [-0.2, -0.15) is 0 Å². The number of thiophene rings is 1. The summed E-state index contributed by atoms with van der Waals surface area (Å²) in [6.45, 7) is 4.41. The van der Waals surface area contributed by atoms with Crippen molar-refractivity contribution in [3.05, 3.63) is 47.8 Å². The van der Waals surface area contributed by atoms with Gasteiger partial charge in [0.25, 0.3) is 0 Å². The minimum absolute atomic E-state index is 0.0916. The average Bonchev–Trinajstić information content (AvgIpc) is 3.27. The molecule has 0 aliphatic carbocycles. The number of para-hydroxylation sites is 1. The van der Waals surface area contributed by atoms with Crippen LogP contribution in [-0.2, 0) is 4.79 Å². The van der Waals surface area contributed by atoms with Gasteiger partial charge in [-0.25, -0.2) is 4.79 Å². The SMILES string of the molecule is O=C(Nc1cccs1)N1CCCC(C(=O)N2CCN(c3ccccc3)CC2)C1. The van der Waals surface area contributed by atoms with Gasteiger partial charge in [-0.1, -0.05) is 18.2 Å². The van der Waals surface area contributed by atoms with Crippen molar-refractivity contribution in [3.63, 3.8) is 0 Å². The van der Waals surface area contributed by atoms with Gasteiger partial charge in [0.15, 0.2) is 0 Å². The lowest BCUT2D eigenvalue weighted by Gasteiger charge is -2.39. The summed E-state index contributed by atoms with van der Waals surface area (Å²) in [6.07, 6.45) is 1.73. The molecule has 148 valence electrons. The molecule has 6 nitrogen and oxygen atoms in total. The number of amides is 3. The zero-order chi connectivity index (χ0) is 19.3. The number of nitrogens with one attached hydrogen (secondary N) is 1. The van der Waals surface area contributed by atoms with E-state index in [1.54, 1.807) is 4.90 Å². The molecule has 1 aromatic carbocycles. The summed E-state index contributed by atoms with van der Waals surface area (Å²) in [5.41, 5.74) is 1.21. The van der Waals surface area contributed by atoms with Crippen molar-refractivity contribution in [3.8, 4) is 0 Å². The minimum Gasteiger partial charge on any atom is -0.368 e. The Labute approximate surface area is 169 Å². The van der Waals surface area contributed by atoms with Gasteiger partial charge in [-0.05, 0) is 42.5 Å². The summed E-state index contributed by atoms with van der Waals surface area (Å²) in [7, 11) is 0. The molecule has 28 heavy (non-hydrogen) atoms. The van der Waals surface area contributed by atoms with E-state index >= 15 is 0 Å². The molecule has 1 N–H and O–H groups in total. The molecule has 0 radical (unpaired) electrons. The zero-order valence-electron chi connectivity index (χ0n) is 15.9. The summed E-state index contributed by atoms with van der Waals surface area (Å²) in [4.78, 5) is 31.6. The molecule has 0 spiro atoms. The van der Waals surface area contributed by atoms with Crippen LogP contribution in [0.25, 0.3) is 0 Å². The number of hydrogen-bond donors (Lipinski definition) is 1. The van der Waals surface area contributed by atoms with E-state index in [1.807, 2.05) is 40.6 Å². The van der Waals surface area contributed by atoms with Crippen LogP contribution >= 0.6 is 11.3 Å². The van der Waals surface area contributed by atoms with E-state index < -0.39 is 0 Å². The number of likely N-dealkylation sites (tertiary alicyclic amines) is 1. The van der Waals surface area contributed by atoms with Crippen LogP contribution in [0.3, 0.4) is 0 Å². The largest absolute Gasteiger partial charge is 0.368 e. The molecule has 2 aliphatic rings. The van der Waals surface area contributed by atoms with Gasteiger partial charge in [0.05, 0.1) is 10.9 Å². The van der Waals surface area contributed by atoms with E-state index in [0.29, 0.717) is 13.1 Å². The maximum Gasteiger partial charge on any atom is 0.322 e. The fourth-order valence-electron chi connectivity index (χ4n) is 3.98. The van der Waals surface area contributed by atoms with E-state index in [0.717, 1.165) is 44.0 Å². The highest BCUT2D eigenvalue weighted by Gasteiger charge is 2.32. The molecular weight excluding hydrogens is 372 g/mol. The summed E-state index contributed by atoms with van der Waals surface area (Å²) in [6, 6.07) is 14.0. The standard InChI is InChI=1S/C21H26N4O2S/c26-20(24-13-11-23(12-14-24)18-7-2-1-3-8-18)17-6-4-10-25(16-17)21(27)22-19-9-5-15-28-19/h1-3,5,7-9,15,17H,4,6,10-14,16H2,(H,22,27). The van der Waals surface area contributed by atoms with Gasteiger partial charge in [0, 0.05) is 45.0 Å². The lowest BCUT2D eigenvalue weighted by Crippen LogP contribution is -2.53. The Morgan fingerprint density at radius 2 is 1.71 bits per heavy atom. The van der Waals surface area contributed by atoms with Crippen molar-refractivity contribution in [2.45, 2.75) is 12.8 Å². The number of rotatable bonds is 3. The maximum atomic E-state index is 13.0. The van der Waals surface area contributed by atoms with Crippen LogP contribution in [0.5, 0.6) is 0 Å². The third kappa shape index (κ3) is 4.30. The van der Waals surface area contributed by atoms with Crippen LogP contribution in [0, 0.1) is 5.92 Å². The first-order chi connectivity index (χ1) is 13.7. The third-order valence-electron chi connectivity index (χ3n) is 5.52. The molecule has 2 fully saturated rings. The van der Waals surface area contributed by atoms with E-state index in [1.165, 1.54) is 17.0 Å². The molecule has 7 heteroatoms. The highest BCUT2D eigenvalue weighted by atomic mass is 32.1. The Balaban J connectivity index is 1.30. The van der Waals surface area contributed by atoms with Crippen molar-refractivity contribution in [2.75, 3.05) is 49.5 Å². The molecule has 0 saturated carbocycles. The van der Waals surface area contributed by atoms with Crippen molar-refractivity contribution < 1.29 is 9.59 Å². The first-order valence-electron chi connectivity index (χ1n) is 9.89. The van der Waals surface area contributed by atoms with E-state index in [2.05, 4.69) is 22.3 Å². The first-order valence-corrected chi connectivity index (χ1v) is 10.8. The second kappa shape index (κ2) is 8.65. The predicted octanol–water partition coefficient (Wildman–Crippen LogP) is 3.34. The number of piperidine rings is 1. The Kier molecular flexibility index (Phi) is 5.81. The lowest BCUT2D eigenvalue weighted by atomic mass is 9.96. The molecule has 1 aromatic heterocycles. The number of carbonyl (C=O) groups excluding carboxylic acids is 2. The second-order valence-corrected chi connectivity index (χ2v) is 8.29. The predicted molar refractivity (Wildman–Crippen MR) is 113 cm³/mol. The van der Waals surface area contributed by atoms with Gasteiger partial charge in [0.1, 0.15) is 0 Å². The summed E-state index contributed by atoms with van der Waals surface area (Å²) in [5, 5.41) is 5.71. The lowest BCUT2D eigenvalue weighted by molar-refractivity contribution is -0.137. The first kappa shape index (κ1) is 18.8. The molecular formula is C21H26N4O2S. The fraction of sp³-hybridized carbons (Fsp3) is 0.429. The smallest absolute Gasteiger partial charge is 0.322 e. The number of benzene rings is 1. The minimum atomic E-state index is -0.103. The maximum absolute atomic E-state index is 13.0. The molecule has 1 atom stereocenters. The molecule has 2 saturated heterocycles. The van der Waals surface area contributed by atoms with Gasteiger partial charge in [-0.3, -0.25) is 10.1 Å². The number of anilines is 2. The van der Waals surface area contributed by atoms with Crippen molar-refractivity contribution in [2.24, 2.45) is 5.92 Å². The number of carbonyl (C=O) groups is 2. The monoisotopic (exact) mass is 398 g/mol. The summed E-state index contributed by atoms with van der Waals surface area (Å²) >= 11 is 1.50. The van der Waals surface area contributed by atoms with Crippen LogP contribution < -0.4 is 10.2 Å². The van der Waals surface area contributed by atoms with Crippen LogP contribution in [0.4, 0.5) is 15.5 Å². The van der Waals surface area contributed by atoms with E-state index in [9.17, 15) is 9.59 Å².